The van der Waals surface area contributed by atoms with E-state index in [9.17, 15) is 5.11 Å². The molecule has 0 fully saturated rings. The molecule has 2 N–H and O–H groups in total. The van der Waals surface area contributed by atoms with Crippen molar-refractivity contribution in [1.82, 2.24) is 0 Å². The molecular formula is C12H16Cl3NO3. The summed E-state index contributed by atoms with van der Waals surface area (Å²) in [5, 5.41) is 13.3. The van der Waals surface area contributed by atoms with Crippen LogP contribution in [0.3, 0.4) is 0 Å². The van der Waals surface area contributed by atoms with Crippen molar-refractivity contribution in [2.45, 2.75) is 6.10 Å². The standard InChI is InChI=1S/C12H16Cl3NO3/c1-18-2-3-19-12-5-11(9(14)4-10(12)15)16-7-8(17)6-13/h4-5,8,16-17H,2-3,6-7H2,1H3. The Labute approximate surface area is 127 Å². The van der Waals surface area contributed by atoms with Crippen LogP contribution in [0, 0.1) is 0 Å². The summed E-state index contributed by atoms with van der Waals surface area (Å²) in [6, 6.07) is 3.27. The van der Waals surface area contributed by atoms with Gasteiger partial charge in [-0.1, -0.05) is 23.2 Å². The lowest BCUT2D eigenvalue weighted by atomic mass is 10.2. The van der Waals surface area contributed by atoms with Gasteiger partial charge in [-0.15, -0.1) is 11.6 Å². The summed E-state index contributed by atoms with van der Waals surface area (Å²) in [5.41, 5.74) is 0.627. The molecule has 0 amide bonds. The average molecular weight is 329 g/mol. The molecule has 0 aliphatic heterocycles. The molecule has 1 unspecified atom stereocenters. The number of benzene rings is 1. The fraction of sp³-hybridized carbons (Fsp3) is 0.500. The second-order valence-electron chi connectivity index (χ2n) is 3.79. The highest BCUT2D eigenvalue weighted by Gasteiger charge is 2.10. The molecule has 4 nitrogen and oxygen atoms in total. The van der Waals surface area contributed by atoms with Gasteiger partial charge in [0.1, 0.15) is 12.4 Å². The van der Waals surface area contributed by atoms with E-state index in [4.69, 9.17) is 44.3 Å². The first-order valence-corrected chi connectivity index (χ1v) is 6.96. The van der Waals surface area contributed by atoms with Crippen LogP contribution in [0.5, 0.6) is 5.75 Å². The minimum atomic E-state index is -0.647. The Balaban J connectivity index is 2.72. The topological polar surface area (TPSA) is 50.7 Å². The van der Waals surface area contributed by atoms with Gasteiger partial charge in [0.15, 0.2) is 0 Å². The molecule has 1 atom stereocenters. The van der Waals surface area contributed by atoms with Crippen LogP contribution in [0.4, 0.5) is 5.69 Å². The summed E-state index contributed by atoms with van der Waals surface area (Å²) in [4.78, 5) is 0. The SMILES string of the molecule is COCCOc1cc(NCC(O)CCl)c(Cl)cc1Cl. The fourth-order valence-electron chi connectivity index (χ4n) is 1.29. The van der Waals surface area contributed by atoms with Gasteiger partial charge < -0.3 is 19.9 Å². The highest BCUT2D eigenvalue weighted by molar-refractivity contribution is 6.37. The van der Waals surface area contributed by atoms with Crippen LogP contribution in [0.2, 0.25) is 10.0 Å². The van der Waals surface area contributed by atoms with E-state index in [1.54, 1.807) is 19.2 Å². The van der Waals surface area contributed by atoms with E-state index in [0.717, 1.165) is 0 Å². The Morgan fingerprint density at radius 3 is 2.63 bits per heavy atom. The van der Waals surface area contributed by atoms with Gasteiger partial charge in [0.25, 0.3) is 0 Å². The molecule has 7 heteroatoms. The maximum atomic E-state index is 9.40. The maximum absolute atomic E-state index is 9.40. The lowest BCUT2D eigenvalue weighted by molar-refractivity contribution is 0.146. The van der Waals surface area contributed by atoms with Crippen LogP contribution in [0.25, 0.3) is 0 Å². The molecule has 0 heterocycles. The van der Waals surface area contributed by atoms with Crippen molar-refractivity contribution >= 4 is 40.5 Å². The molecule has 0 aromatic heterocycles. The molecule has 1 rings (SSSR count). The summed E-state index contributed by atoms with van der Waals surface area (Å²) in [7, 11) is 1.59. The number of hydrogen-bond acceptors (Lipinski definition) is 4. The predicted octanol–water partition coefficient (Wildman–Crippen LogP) is 3.03. The summed E-state index contributed by atoms with van der Waals surface area (Å²) < 4.78 is 10.4. The summed E-state index contributed by atoms with van der Waals surface area (Å²) in [6.07, 6.45) is -0.647. The van der Waals surface area contributed by atoms with Crippen LogP contribution in [-0.4, -0.2) is 44.0 Å². The molecule has 19 heavy (non-hydrogen) atoms. The fourth-order valence-corrected chi connectivity index (χ4v) is 1.91. The first kappa shape index (κ1) is 16.7. The third-order valence-corrected chi connectivity index (χ3v) is 3.24. The zero-order chi connectivity index (χ0) is 14.3. The van der Waals surface area contributed by atoms with Gasteiger partial charge in [-0.05, 0) is 6.07 Å². The largest absolute Gasteiger partial charge is 0.490 e. The Hall–Kier alpha value is -0.390. The summed E-state index contributed by atoms with van der Waals surface area (Å²) in [5.74, 6) is 0.654. The highest BCUT2D eigenvalue weighted by Crippen LogP contribution is 2.34. The average Bonchev–Trinajstić information content (AvgIpc) is 2.39. The molecule has 0 saturated heterocycles. The summed E-state index contributed by atoms with van der Waals surface area (Å²) >= 11 is 17.6. The Bertz CT molecular complexity index is 404. The normalized spacial score (nSPS) is 12.3. The molecule has 0 spiro atoms. The first-order chi connectivity index (χ1) is 9.08. The van der Waals surface area contributed by atoms with E-state index in [-0.39, 0.29) is 5.88 Å². The van der Waals surface area contributed by atoms with Crippen molar-refractivity contribution in [2.24, 2.45) is 0 Å². The van der Waals surface area contributed by atoms with E-state index in [1.807, 2.05) is 0 Å². The van der Waals surface area contributed by atoms with Crippen molar-refractivity contribution in [1.29, 1.82) is 0 Å². The van der Waals surface area contributed by atoms with E-state index in [2.05, 4.69) is 5.32 Å². The van der Waals surface area contributed by atoms with Crippen LogP contribution >= 0.6 is 34.8 Å². The van der Waals surface area contributed by atoms with E-state index < -0.39 is 6.10 Å². The van der Waals surface area contributed by atoms with Crippen molar-refractivity contribution in [3.8, 4) is 5.75 Å². The highest BCUT2D eigenvalue weighted by atomic mass is 35.5. The lowest BCUT2D eigenvalue weighted by Crippen LogP contribution is -2.20. The first-order valence-electron chi connectivity index (χ1n) is 5.67. The molecule has 0 aliphatic carbocycles. The van der Waals surface area contributed by atoms with E-state index in [0.29, 0.717) is 41.2 Å². The van der Waals surface area contributed by atoms with Crippen LogP contribution in [0.15, 0.2) is 12.1 Å². The number of methoxy groups -OCH3 is 1. The van der Waals surface area contributed by atoms with Gasteiger partial charge in [0, 0.05) is 19.7 Å². The monoisotopic (exact) mass is 327 g/mol. The molecule has 0 radical (unpaired) electrons. The number of nitrogens with one attached hydrogen (secondary N) is 1. The molecule has 108 valence electrons. The van der Waals surface area contributed by atoms with Crippen molar-refractivity contribution in [3.63, 3.8) is 0 Å². The van der Waals surface area contributed by atoms with Crippen molar-refractivity contribution < 1.29 is 14.6 Å². The number of halogens is 3. The predicted molar refractivity (Wildman–Crippen MR) is 79.0 cm³/mol. The minimum Gasteiger partial charge on any atom is -0.490 e. The number of ether oxygens (including phenoxy) is 2. The maximum Gasteiger partial charge on any atom is 0.140 e. The zero-order valence-corrected chi connectivity index (χ0v) is 12.7. The number of aliphatic hydroxyl groups excluding tert-OH is 1. The Kier molecular flexibility index (Phi) is 7.64. The molecule has 0 saturated carbocycles. The van der Waals surface area contributed by atoms with Crippen LogP contribution < -0.4 is 10.1 Å². The Morgan fingerprint density at radius 1 is 1.26 bits per heavy atom. The zero-order valence-electron chi connectivity index (χ0n) is 10.5. The number of alkyl halides is 1. The molecule has 0 bridgehead atoms. The van der Waals surface area contributed by atoms with Gasteiger partial charge in [0.05, 0.1) is 34.3 Å². The van der Waals surface area contributed by atoms with Gasteiger partial charge in [0.2, 0.25) is 0 Å². The third kappa shape index (κ3) is 5.63. The lowest BCUT2D eigenvalue weighted by Gasteiger charge is -2.14. The van der Waals surface area contributed by atoms with Crippen LogP contribution in [0.1, 0.15) is 0 Å². The number of anilines is 1. The molecular weight excluding hydrogens is 312 g/mol. The van der Waals surface area contributed by atoms with Gasteiger partial charge in [-0.3, -0.25) is 0 Å². The van der Waals surface area contributed by atoms with Gasteiger partial charge >= 0.3 is 0 Å². The van der Waals surface area contributed by atoms with Crippen molar-refractivity contribution in [2.75, 3.05) is 38.1 Å². The Morgan fingerprint density at radius 2 is 2.00 bits per heavy atom. The van der Waals surface area contributed by atoms with E-state index >= 15 is 0 Å². The second kappa shape index (κ2) is 8.72. The van der Waals surface area contributed by atoms with Crippen LogP contribution in [-0.2, 0) is 4.74 Å². The van der Waals surface area contributed by atoms with Crippen molar-refractivity contribution in [3.05, 3.63) is 22.2 Å². The summed E-state index contributed by atoms with van der Waals surface area (Å²) in [6.45, 7) is 1.15. The number of aliphatic hydroxyl groups is 1. The number of rotatable bonds is 8. The second-order valence-corrected chi connectivity index (χ2v) is 4.92. The molecule has 0 aliphatic rings. The third-order valence-electron chi connectivity index (χ3n) is 2.27. The van der Waals surface area contributed by atoms with E-state index in [1.165, 1.54) is 0 Å². The van der Waals surface area contributed by atoms with Gasteiger partial charge in [-0.2, -0.15) is 0 Å². The number of hydrogen-bond donors (Lipinski definition) is 2. The minimum absolute atomic E-state index is 0.148. The smallest absolute Gasteiger partial charge is 0.140 e. The van der Waals surface area contributed by atoms with Gasteiger partial charge in [-0.25, -0.2) is 0 Å². The quantitative estimate of drug-likeness (QED) is 0.569. The molecule has 1 aromatic carbocycles. The molecule has 1 aromatic rings.